The van der Waals surface area contributed by atoms with E-state index in [4.69, 9.17) is 18.9 Å². The van der Waals surface area contributed by atoms with Crippen molar-refractivity contribution in [3.05, 3.63) is 112 Å². The number of amides is 1. The van der Waals surface area contributed by atoms with Gasteiger partial charge in [0.1, 0.15) is 28.6 Å². The first-order valence-electron chi connectivity index (χ1n) is 24.1. The first-order chi connectivity index (χ1) is 32.3. The quantitative estimate of drug-likeness (QED) is 0.113. The van der Waals surface area contributed by atoms with Gasteiger partial charge in [-0.25, -0.2) is 0 Å². The minimum absolute atomic E-state index is 0.0280. The Hall–Kier alpha value is -5.63. The molecule has 67 heavy (non-hydrogen) atoms. The topological polar surface area (TPSA) is 146 Å². The van der Waals surface area contributed by atoms with Crippen LogP contribution < -0.4 is 19.7 Å². The second kappa shape index (κ2) is 16.9. The van der Waals surface area contributed by atoms with E-state index < -0.39 is 40.0 Å². The van der Waals surface area contributed by atoms with Gasteiger partial charge in [-0.3, -0.25) is 24.2 Å². The number of benzene rings is 3. The maximum absolute atomic E-state index is 15.5. The molecule has 1 aliphatic carbocycles. The first kappa shape index (κ1) is 45.2. The van der Waals surface area contributed by atoms with Crippen LogP contribution in [-0.2, 0) is 36.3 Å². The van der Waals surface area contributed by atoms with Crippen molar-refractivity contribution in [1.82, 2.24) is 20.1 Å². The number of aromatic amines is 1. The van der Waals surface area contributed by atoms with Crippen LogP contribution in [-0.4, -0.2) is 129 Å². The Kier molecular flexibility index (Phi) is 11.4. The van der Waals surface area contributed by atoms with E-state index in [1.165, 1.54) is 26.7 Å². The Morgan fingerprint density at radius 3 is 2.48 bits per heavy atom. The van der Waals surface area contributed by atoms with Crippen LogP contribution in [0, 0.1) is 11.3 Å². The van der Waals surface area contributed by atoms with Crippen LogP contribution in [0.4, 0.5) is 5.69 Å². The highest BCUT2D eigenvalue weighted by atomic mass is 16.6. The molecule has 4 aromatic rings. The molecule has 1 unspecified atom stereocenters. The molecule has 1 amide bonds. The lowest BCUT2D eigenvalue weighted by Crippen LogP contribution is -2.79. The number of H-pyrrole nitrogens is 1. The molecule has 1 saturated carbocycles. The molecule has 354 valence electrons. The molecule has 13 heteroatoms. The van der Waals surface area contributed by atoms with Crippen molar-refractivity contribution >= 4 is 34.4 Å². The molecule has 1 spiro atoms. The summed E-state index contributed by atoms with van der Waals surface area (Å²) in [6.07, 6.45) is 9.25. The number of esters is 2. The summed E-state index contributed by atoms with van der Waals surface area (Å²) in [6, 6.07) is 18.9. The standard InChI is InChI=1S/C54H65N5O8/c1-8-34-27-35-30-53(50(62)66-7,45-37(19-25-58(31-34)32-35)36-15-10-12-17-41(36)56-45)40-28-39-42(29-44(40)65-6)57(4)48-52(39)22-26-59-24-14-20-51(9-2,47(52)59)49(67-33(3)60)54(48,63)21-23-55-46(61)38-16-11-13-18-43(38)64-5/h10-18,20,27-29,35,47-49,56,63H,8-9,19,21-26,30-32H2,1-7H3,(H,55,61)/t35-,47+,48-,49-,51-,52-,53+,54+/m1/s1. The van der Waals surface area contributed by atoms with Crippen molar-refractivity contribution in [1.29, 1.82) is 0 Å². The van der Waals surface area contributed by atoms with Crippen LogP contribution in [0.2, 0.25) is 0 Å². The van der Waals surface area contributed by atoms with Crippen LogP contribution in [0.3, 0.4) is 0 Å². The molecule has 2 fully saturated rings. The third-order valence-corrected chi connectivity index (χ3v) is 16.8. The minimum atomic E-state index is -1.69. The van der Waals surface area contributed by atoms with Crippen molar-refractivity contribution in [2.24, 2.45) is 11.3 Å². The molecule has 1 saturated heterocycles. The maximum atomic E-state index is 15.5. The Balaban J connectivity index is 1.20. The Bertz CT molecular complexity index is 2690. The second-order valence-electron chi connectivity index (χ2n) is 19.9. The maximum Gasteiger partial charge on any atom is 0.322 e. The molecule has 3 N–H and O–H groups in total. The van der Waals surface area contributed by atoms with Gasteiger partial charge in [-0.1, -0.05) is 68.0 Å². The smallest absolute Gasteiger partial charge is 0.322 e. The van der Waals surface area contributed by atoms with E-state index in [0.717, 1.165) is 78.0 Å². The molecule has 6 heterocycles. The van der Waals surface area contributed by atoms with E-state index in [9.17, 15) is 14.7 Å². The molecule has 0 radical (unpaired) electrons. The highest BCUT2D eigenvalue weighted by Gasteiger charge is 2.77. The van der Waals surface area contributed by atoms with Crippen molar-refractivity contribution < 1.29 is 38.4 Å². The fourth-order valence-corrected chi connectivity index (χ4v) is 14.4. The Morgan fingerprint density at radius 2 is 1.73 bits per heavy atom. The van der Waals surface area contributed by atoms with Gasteiger partial charge in [0.2, 0.25) is 0 Å². The van der Waals surface area contributed by atoms with Crippen LogP contribution in [0.15, 0.2) is 84.5 Å². The third kappa shape index (κ3) is 6.54. The molecular formula is C54H65N5O8. The van der Waals surface area contributed by atoms with Gasteiger partial charge in [0.25, 0.3) is 5.91 Å². The summed E-state index contributed by atoms with van der Waals surface area (Å²) in [5.74, 6) is -0.152. The number of nitrogens with zero attached hydrogens (tertiary/aromatic N) is 3. The molecular weight excluding hydrogens is 847 g/mol. The molecule has 5 aliphatic heterocycles. The van der Waals surface area contributed by atoms with Gasteiger partial charge in [0.05, 0.1) is 32.9 Å². The number of ether oxygens (including phenoxy) is 4. The van der Waals surface area contributed by atoms with Crippen LogP contribution in [0.25, 0.3) is 10.9 Å². The third-order valence-electron chi connectivity index (χ3n) is 16.8. The minimum Gasteiger partial charge on any atom is -0.496 e. The number of methoxy groups -OCH3 is 3. The van der Waals surface area contributed by atoms with E-state index in [0.29, 0.717) is 42.9 Å². The summed E-state index contributed by atoms with van der Waals surface area (Å²) in [5.41, 5.74) is 2.68. The van der Waals surface area contributed by atoms with Gasteiger partial charge in [-0.2, -0.15) is 0 Å². The van der Waals surface area contributed by atoms with E-state index in [-0.39, 0.29) is 36.8 Å². The summed E-state index contributed by atoms with van der Waals surface area (Å²) < 4.78 is 24.6. The number of anilines is 1. The van der Waals surface area contributed by atoms with Gasteiger partial charge >= 0.3 is 11.9 Å². The zero-order chi connectivity index (χ0) is 47.0. The molecule has 10 rings (SSSR count). The Labute approximate surface area is 393 Å². The number of aromatic nitrogens is 1. The number of carbonyl (C=O) groups is 3. The SMILES string of the molecule is CCC1=C[C@H]2CN(CCc3c([nH]c4ccccc34)[C@@](C(=O)OC)(c3cc4c(cc3OC)N(C)[C@H]3[C@@](O)(CCNC(=O)c5ccccc5OC)[C@H](OC(C)=O)[C@]5(CC)C=CCN6CC[C@]43[C@@H]65)C2)C1. The number of hydrogen-bond acceptors (Lipinski definition) is 11. The number of para-hydroxylation sites is 2. The van der Waals surface area contributed by atoms with E-state index in [1.807, 2.05) is 19.2 Å². The van der Waals surface area contributed by atoms with Crippen LogP contribution in [0.1, 0.15) is 85.6 Å². The second-order valence-corrected chi connectivity index (χ2v) is 19.9. The molecule has 13 nitrogen and oxygen atoms in total. The number of aliphatic hydroxyl groups is 1. The lowest BCUT2D eigenvalue weighted by atomic mass is 9.47. The predicted octanol–water partition coefficient (Wildman–Crippen LogP) is 6.45. The van der Waals surface area contributed by atoms with Crippen LogP contribution >= 0.6 is 0 Å². The molecule has 3 aromatic carbocycles. The molecule has 1 aromatic heterocycles. The summed E-state index contributed by atoms with van der Waals surface area (Å²) in [7, 11) is 6.70. The lowest BCUT2D eigenvalue weighted by Gasteiger charge is -2.65. The van der Waals surface area contributed by atoms with Crippen LogP contribution in [0.5, 0.6) is 11.5 Å². The predicted molar refractivity (Wildman–Crippen MR) is 257 cm³/mol. The van der Waals surface area contributed by atoms with E-state index in [1.54, 1.807) is 25.3 Å². The van der Waals surface area contributed by atoms with Gasteiger partial charge in [0, 0.05) is 97.5 Å². The lowest BCUT2D eigenvalue weighted by molar-refractivity contribution is -0.220. The average molecular weight is 912 g/mol. The fraction of sp³-hybridized carbons (Fsp3) is 0.500. The van der Waals surface area contributed by atoms with Gasteiger partial charge in [-0.05, 0) is 86.4 Å². The summed E-state index contributed by atoms with van der Waals surface area (Å²) in [6.45, 7) is 9.84. The zero-order valence-electron chi connectivity index (χ0n) is 39.9. The average Bonchev–Trinajstić information content (AvgIpc) is 4.00. The number of likely N-dealkylation sites (N-methyl/N-ethyl adjacent to an activating group) is 1. The number of fused-ring (bicyclic) bond motifs is 6. The fourth-order valence-electron chi connectivity index (χ4n) is 14.4. The monoisotopic (exact) mass is 911 g/mol. The first-order valence-corrected chi connectivity index (χ1v) is 24.1. The van der Waals surface area contributed by atoms with E-state index >= 15 is 4.79 Å². The zero-order valence-corrected chi connectivity index (χ0v) is 39.9. The summed E-state index contributed by atoms with van der Waals surface area (Å²) >= 11 is 0. The largest absolute Gasteiger partial charge is 0.496 e. The van der Waals surface area contributed by atoms with Gasteiger partial charge in [-0.15, -0.1) is 0 Å². The van der Waals surface area contributed by atoms with Crippen molar-refractivity contribution in [3.63, 3.8) is 0 Å². The van der Waals surface area contributed by atoms with Crippen molar-refractivity contribution in [3.8, 4) is 11.5 Å². The highest BCUT2D eigenvalue weighted by molar-refractivity contribution is 5.97. The number of carbonyl (C=O) groups excluding carboxylic acids is 3. The number of nitrogens with one attached hydrogen (secondary N) is 2. The Morgan fingerprint density at radius 1 is 0.955 bits per heavy atom. The van der Waals surface area contributed by atoms with E-state index in [2.05, 4.69) is 87.4 Å². The van der Waals surface area contributed by atoms with Crippen molar-refractivity contribution in [2.75, 3.05) is 72.5 Å². The molecule has 2 bridgehead atoms. The summed E-state index contributed by atoms with van der Waals surface area (Å²) in [4.78, 5) is 53.7. The molecule has 9 atom stereocenters. The van der Waals surface area contributed by atoms with Crippen molar-refractivity contribution in [2.45, 2.75) is 93.9 Å². The summed E-state index contributed by atoms with van der Waals surface area (Å²) in [5, 5.41) is 18.2. The number of hydrogen-bond donors (Lipinski definition) is 3. The van der Waals surface area contributed by atoms with Gasteiger partial charge in [0.15, 0.2) is 0 Å². The number of rotatable bonds is 11. The highest BCUT2D eigenvalue weighted by Crippen LogP contribution is 2.68. The van der Waals surface area contributed by atoms with Gasteiger partial charge < -0.3 is 39.3 Å². The molecule has 6 aliphatic rings. The normalized spacial score (nSPS) is 31.6.